The Kier molecular flexibility index (Phi) is 3.60. The summed E-state index contributed by atoms with van der Waals surface area (Å²) in [5, 5.41) is 0. The van der Waals surface area contributed by atoms with Gasteiger partial charge in [-0.05, 0) is 56.4 Å². The van der Waals surface area contributed by atoms with Crippen LogP contribution in [0.15, 0.2) is 18.2 Å². The molecule has 1 fully saturated rings. The van der Waals surface area contributed by atoms with Gasteiger partial charge >= 0.3 is 0 Å². The van der Waals surface area contributed by atoms with Crippen LogP contribution in [0.4, 0.5) is 5.69 Å². The molecule has 2 unspecified atom stereocenters. The van der Waals surface area contributed by atoms with Gasteiger partial charge in [0.15, 0.2) is 0 Å². The Balaban J connectivity index is 2.20. The predicted molar refractivity (Wildman–Crippen MR) is 74.5 cm³/mol. The number of benzene rings is 1. The molecule has 0 aliphatic carbocycles. The Morgan fingerprint density at radius 3 is 2.72 bits per heavy atom. The first kappa shape index (κ1) is 12.9. The summed E-state index contributed by atoms with van der Waals surface area (Å²) in [6, 6.07) is 5.85. The molecule has 0 bridgehead atoms. The van der Waals surface area contributed by atoms with Gasteiger partial charge in [-0.1, -0.05) is 6.92 Å². The fourth-order valence-electron chi connectivity index (χ4n) is 2.79. The molecular formula is C15H22N2O. The summed E-state index contributed by atoms with van der Waals surface area (Å²) < 4.78 is 0. The maximum absolute atomic E-state index is 12.5. The van der Waals surface area contributed by atoms with Crippen molar-refractivity contribution in [2.24, 2.45) is 5.92 Å². The van der Waals surface area contributed by atoms with E-state index in [2.05, 4.69) is 13.8 Å². The molecule has 1 aromatic carbocycles. The van der Waals surface area contributed by atoms with Crippen LogP contribution in [0.3, 0.4) is 0 Å². The molecule has 0 spiro atoms. The Morgan fingerprint density at radius 2 is 2.11 bits per heavy atom. The second-order valence-electron chi connectivity index (χ2n) is 5.55. The average Bonchev–Trinajstić information content (AvgIpc) is 2.28. The average molecular weight is 246 g/mol. The molecular weight excluding hydrogens is 224 g/mol. The van der Waals surface area contributed by atoms with Gasteiger partial charge in [0.1, 0.15) is 0 Å². The Labute approximate surface area is 109 Å². The molecule has 18 heavy (non-hydrogen) atoms. The lowest BCUT2D eigenvalue weighted by atomic mass is 9.92. The van der Waals surface area contributed by atoms with Crippen LogP contribution in [-0.2, 0) is 0 Å². The summed E-state index contributed by atoms with van der Waals surface area (Å²) >= 11 is 0. The number of nitrogen functional groups attached to an aromatic ring is 1. The molecule has 1 heterocycles. The van der Waals surface area contributed by atoms with Crippen molar-refractivity contribution < 1.29 is 4.79 Å². The van der Waals surface area contributed by atoms with Crippen LogP contribution in [0.5, 0.6) is 0 Å². The number of likely N-dealkylation sites (tertiary alicyclic amines) is 1. The van der Waals surface area contributed by atoms with E-state index < -0.39 is 0 Å². The predicted octanol–water partition coefficient (Wildman–Crippen LogP) is 2.84. The lowest BCUT2D eigenvalue weighted by Gasteiger charge is -2.36. The highest BCUT2D eigenvalue weighted by Crippen LogP contribution is 2.25. The van der Waals surface area contributed by atoms with Gasteiger partial charge in [0.2, 0.25) is 0 Å². The van der Waals surface area contributed by atoms with Gasteiger partial charge in [0.25, 0.3) is 5.91 Å². The number of piperidine rings is 1. The third kappa shape index (κ3) is 2.50. The van der Waals surface area contributed by atoms with E-state index in [1.807, 2.05) is 24.0 Å². The van der Waals surface area contributed by atoms with Gasteiger partial charge in [-0.25, -0.2) is 0 Å². The first-order valence-corrected chi connectivity index (χ1v) is 6.66. The lowest BCUT2D eigenvalue weighted by molar-refractivity contribution is 0.0588. The minimum Gasteiger partial charge on any atom is -0.399 e. The number of carbonyl (C=O) groups is 1. The van der Waals surface area contributed by atoms with Crippen LogP contribution < -0.4 is 5.73 Å². The van der Waals surface area contributed by atoms with Crippen molar-refractivity contribution in [2.45, 2.75) is 39.7 Å². The molecule has 3 nitrogen and oxygen atoms in total. The fourth-order valence-corrected chi connectivity index (χ4v) is 2.79. The van der Waals surface area contributed by atoms with Crippen LogP contribution in [0.2, 0.25) is 0 Å². The molecule has 98 valence electrons. The summed E-state index contributed by atoms with van der Waals surface area (Å²) in [6.07, 6.45) is 2.20. The molecule has 1 saturated heterocycles. The van der Waals surface area contributed by atoms with Crippen LogP contribution in [0, 0.1) is 12.8 Å². The van der Waals surface area contributed by atoms with Crippen molar-refractivity contribution >= 4 is 11.6 Å². The summed E-state index contributed by atoms with van der Waals surface area (Å²) in [5.74, 6) is 0.864. The molecule has 0 aromatic heterocycles. The molecule has 0 saturated carbocycles. The van der Waals surface area contributed by atoms with Crippen molar-refractivity contribution in [2.75, 3.05) is 12.3 Å². The molecule has 1 amide bonds. The van der Waals surface area contributed by atoms with E-state index in [9.17, 15) is 4.79 Å². The minimum absolute atomic E-state index is 0.145. The van der Waals surface area contributed by atoms with E-state index in [-0.39, 0.29) is 5.91 Å². The SMILES string of the molecule is Cc1cc(N)ccc1C(=O)N1CCC(C)CC1C. The Hall–Kier alpha value is -1.51. The summed E-state index contributed by atoms with van der Waals surface area (Å²) in [7, 11) is 0. The van der Waals surface area contributed by atoms with Crippen molar-refractivity contribution in [1.82, 2.24) is 4.90 Å². The van der Waals surface area contributed by atoms with Crippen molar-refractivity contribution in [3.8, 4) is 0 Å². The van der Waals surface area contributed by atoms with Crippen molar-refractivity contribution in [1.29, 1.82) is 0 Å². The largest absolute Gasteiger partial charge is 0.399 e. The van der Waals surface area contributed by atoms with Gasteiger partial charge in [-0.3, -0.25) is 4.79 Å². The second kappa shape index (κ2) is 5.01. The quantitative estimate of drug-likeness (QED) is 0.774. The molecule has 2 N–H and O–H groups in total. The van der Waals surface area contributed by atoms with E-state index in [1.54, 1.807) is 6.07 Å². The summed E-state index contributed by atoms with van der Waals surface area (Å²) in [5.41, 5.74) is 8.19. The number of aryl methyl sites for hydroxylation is 1. The fraction of sp³-hybridized carbons (Fsp3) is 0.533. The van der Waals surface area contributed by atoms with Gasteiger partial charge in [0, 0.05) is 23.8 Å². The zero-order valence-corrected chi connectivity index (χ0v) is 11.4. The van der Waals surface area contributed by atoms with E-state index in [4.69, 9.17) is 5.73 Å². The topological polar surface area (TPSA) is 46.3 Å². The smallest absolute Gasteiger partial charge is 0.254 e. The standard InChI is InChI=1S/C15H22N2O/c1-10-6-7-17(12(3)8-10)15(18)14-5-4-13(16)9-11(14)2/h4-5,9-10,12H,6-8,16H2,1-3H3. The molecule has 0 radical (unpaired) electrons. The molecule has 2 rings (SSSR count). The number of amides is 1. The van der Waals surface area contributed by atoms with Gasteiger partial charge in [-0.15, -0.1) is 0 Å². The third-order valence-corrected chi connectivity index (χ3v) is 3.88. The summed E-state index contributed by atoms with van der Waals surface area (Å²) in [6.45, 7) is 7.21. The molecule has 2 atom stereocenters. The normalized spacial score (nSPS) is 24.1. The number of carbonyl (C=O) groups excluding carboxylic acids is 1. The van der Waals surface area contributed by atoms with Crippen molar-refractivity contribution in [3.05, 3.63) is 29.3 Å². The number of nitrogens with zero attached hydrogens (tertiary/aromatic N) is 1. The molecule has 1 aliphatic heterocycles. The molecule has 3 heteroatoms. The van der Waals surface area contributed by atoms with Gasteiger partial charge in [0.05, 0.1) is 0 Å². The molecule has 1 aromatic rings. The van der Waals surface area contributed by atoms with Gasteiger partial charge in [-0.2, -0.15) is 0 Å². The first-order valence-electron chi connectivity index (χ1n) is 6.66. The van der Waals surface area contributed by atoms with E-state index in [0.29, 0.717) is 11.7 Å². The first-order chi connectivity index (χ1) is 8.49. The van der Waals surface area contributed by atoms with E-state index in [1.165, 1.54) is 0 Å². The van der Waals surface area contributed by atoms with Crippen LogP contribution in [-0.4, -0.2) is 23.4 Å². The van der Waals surface area contributed by atoms with Crippen LogP contribution in [0.25, 0.3) is 0 Å². The second-order valence-corrected chi connectivity index (χ2v) is 5.55. The van der Waals surface area contributed by atoms with E-state index in [0.717, 1.165) is 36.4 Å². The number of hydrogen-bond donors (Lipinski definition) is 1. The third-order valence-electron chi connectivity index (χ3n) is 3.88. The maximum atomic E-state index is 12.5. The highest BCUT2D eigenvalue weighted by Gasteiger charge is 2.27. The number of anilines is 1. The Morgan fingerprint density at radius 1 is 1.39 bits per heavy atom. The zero-order valence-electron chi connectivity index (χ0n) is 11.4. The monoisotopic (exact) mass is 246 g/mol. The van der Waals surface area contributed by atoms with Crippen molar-refractivity contribution in [3.63, 3.8) is 0 Å². The number of nitrogens with two attached hydrogens (primary N) is 1. The minimum atomic E-state index is 0.145. The highest BCUT2D eigenvalue weighted by molar-refractivity contribution is 5.96. The van der Waals surface area contributed by atoms with E-state index >= 15 is 0 Å². The molecule has 1 aliphatic rings. The number of rotatable bonds is 1. The maximum Gasteiger partial charge on any atom is 0.254 e. The number of hydrogen-bond acceptors (Lipinski definition) is 2. The summed E-state index contributed by atoms with van der Waals surface area (Å²) in [4.78, 5) is 14.5. The van der Waals surface area contributed by atoms with Gasteiger partial charge < -0.3 is 10.6 Å². The Bertz CT molecular complexity index is 456. The van der Waals surface area contributed by atoms with Crippen LogP contribution >= 0.6 is 0 Å². The zero-order chi connectivity index (χ0) is 13.3. The van der Waals surface area contributed by atoms with Crippen LogP contribution in [0.1, 0.15) is 42.6 Å². The highest BCUT2D eigenvalue weighted by atomic mass is 16.2. The lowest BCUT2D eigenvalue weighted by Crippen LogP contribution is -2.44.